The molecule has 0 unspecified atom stereocenters. The molecule has 0 aromatic carbocycles. The van der Waals surface area contributed by atoms with Crippen molar-refractivity contribution in [1.82, 2.24) is 4.90 Å². The van der Waals surface area contributed by atoms with Crippen molar-refractivity contribution in [3.63, 3.8) is 0 Å². The summed E-state index contributed by atoms with van der Waals surface area (Å²) >= 11 is 0. The predicted molar refractivity (Wildman–Crippen MR) is 46.2 cm³/mol. The summed E-state index contributed by atoms with van der Waals surface area (Å²) in [4.78, 5) is 12.4. The SMILES string of the molecule is Cc1oc(CN(C)C)cc1C=O. The molecule has 0 saturated carbocycles. The molecule has 1 aromatic heterocycles. The van der Waals surface area contributed by atoms with Crippen molar-refractivity contribution in [2.24, 2.45) is 0 Å². The Kier molecular flexibility index (Phi) is 2.65. The Balaban J connectivity index is 2.82. The number of hydrogen-bond acceptors (Lipinski definition) is 3. The van der Waals surface area contributed by atoms with Crippen LogP contribution in [0.2, 0.25) is 0 Å². The summed E-state index contributed by atoms with van der Waals surface area (Å²) in [6, 6.07) is 1.78. The number of carbonyl (C=O) groups excluding carboxylic acids is 1. The number of rotatable bonds is 3. The molecule has 0 aliphatic rings. The van der Waals surface area contributed by atoms with Gasteiger partial charge < -0.3 is 9.32 Å². The van der Waals surface area contributed by atoms with Crippen LogP contribution in [0.5, 0.6) is 0 Å². The molecule has 0 spiro atoms. The zero-order valence-electron chi connectivity index (χ0n) is 7.63. The van der Waals surface area contributed by atoms with E-state index >= 15 is 0 Å². The van der Waals surface area contributed by atoms with Crippen LogP contribution in [0.1, 0.15) is 21.9 Å². The van der Waals surface area contributed by atoms with Crippen LogP contribution >= 0.6 is 0 Å². The molecule has 0 N–H and O–H groups in total. The van der Waals surface area contributed by atoms with Crippen molar-refractivity contribution in [2.75, 3.05) is 14.1 Å². The van der Waals surface area contributed by atoms with E-state index in [0.717, 1.165) is 18.6 Å². The van der Waals surface area contributed by atoms with E-state index < -0.39 is 0 Å². The number of aldehydes is 1. The van der Waals surface area contributed by atoms with Gasteiger partial charge in [0.25, 0.3) is 0 Å². The van der Waals surface area contributed by atoms with Gasteiger partial charge >= 0.3 is 0 Å². The van der Waals surface area contributed by atoms with Gasteiger partial charge in [-0.05, 0) is 27.1 Å². The third kappa shape index (κ3) is 1.95. The van der Waals surface area contributed by atoms with Gasteiger partial charge in [0.05, 0.1) is 12.1 Å². The molecule has 0 aliphatic heterocycles. The summed E-state index contributed by atoms with van der Waals surface area (Å²) in [7, 11) is 3.91. The van der Waals surface area contributed by atoms with Gasteiger partial charge in [-0.3, -0.25) is 4.79 Å². The van der Waals surface area contributed by atoms with Gasteiger partial charge in [-0.15, -0.1) is 0 Å². The van der Waals surface area contributed by atoms with Gasteiger partial charge in [0.1, 0.15) is 11.5 Å². The largest absolute Gasteiger partial charge is 0.464 e. The Morgan fingerprint density at radius 1 is 1.58 bits per heavy atom. The molecule has 3 heteroatoms. The zero-order valence-corrected chi connectivity index (χ0v) is 7.63. The molecule has 66 valence electrons. The average Bonchev–Trinajstić information content (AvgIpc) is 2.29. The Morgan fingerprint density at radius 3 is 2.67 bits per heavy atom. The highest BCUT2D eigenvalue weighted by atomic mass is 16.3. The normalized spacial score (nSPS) is 10.7. The second kappa shape index (κ2) is 3.54. The van der Waals surface area contributed by atoms with Crippen molar-refractivity contribution in [3.8, 4) is 0 Å². The second-order valence-corrected chi connectivity index (χ2v) is 3.08. The lowest BCUT2D eigenvalue weighted by molar-refractivity contribution is 0.112. The van der Waals surface area contributed by atoms with Gasteiger partial charge in [0, 0.05) is 0 Å². The van der Waals surface area contributed by atoms with Crippen LogP contribution < -0.4 is 0 Å². The van der Waals surface area contributed by atoms with E-state index in [1.807, 2.05) is 19.0 Å². The maximum atomic E-state index is 10.5. The lowest BCUT2D eigenvalue weighted by atomic mass is 10.3. The summed E-state index contributed by atoms with van der Waals surface area (Å²) in [6.07, 6.45) is 0.817. The monoisotopic (exact) mass is 167 g/mol. The van der Waals surface area contributed by atoms with Crippen molar-refractivity contribution in [1.29, 1.82) is 0 Å². The predicted octanol–water partition coefficient (Wildman–Crippen LogP) is 1.46. The minimum absolute atomic E-state index is 0.645. The minimum atomic E-state index is 0.645. The van der Waals surface area contributed by atoms with E-state index in [-0.39, 0.29) is 0 Å². The molecule has 0 bridgehead atoms. The van der Waals surface area contributed by atoms with E-state index in [2.05, 4.69) is 0 Å². The topological polar surface area (TPSA) is 33.5 Å². The van der Waals surface area contributed by atoms with Crippen LogP contribution in [0.3, 0.4) is 0 Å². The Labute approximate surface area is 72.0 Å². The highest BCUT2D eigenvalue weighted by molar-refractivity contribution is 5.76. The minimum Gasteiger partial charge on any atom is -0.464 e. The van der Waals surface area contributed by atoms with Crippen LogP contribution in [-0.2, 0) is 6.54 Å². The third-order valence-electron chi connectivity index (χ3n) is 1.61. The summed E-state index contributed by atoms with van der Waals surface area (Å²) in [5.74, 6) is 1.53. The molecular formula is C9H13NO2. The van der Waals surface area contributed by atoms with Crippen LogP contribution in [0.25, 0.3) is 0 Å². The number of aryl methyl sites for hydroxylation is 1. The third-order valence-corrected chi connectivity index (χ3v) is 1.61. The fraction of sp³-hybridized carbons (Fsp3) is 0.444. The Hall–Kier alpha value is -1.09. The van der Waals surface area contributed by atoms with Crippen molar-refractivity contribution >= 4 is 6.29 Å². The second-order valence-electron chi connectivity index (χ2n) is 3.08. The van der Waals surface area contributed by atoms with Crippen LogP contribution in [0, 0.1) is 6.92 Å². The first-order chi connectivity index (χ1) is 5.63. The zero-order chi connectivity index (χ0) is 9.14. The molecule has 3 nitrogen and oxygen atoms in total. The van der Waals surface area contributed by atoms with Crippen molar-refractivity contribution < 1.29 is 9.21 Å². The van der Waals surface area contributed by atoms with Gasteiger partial charge in [-0.2, -0.15) is 0 Å². The first kappa shape index (κ1) is 9.00. The van der Waals surface area contributed by atoms with Gasteiger partial charge in [0.2, 0.25) is 0 Å². The molecule has 12 heavy (non-hydrogen) atoms. The van der Waals surface area contributed by atoms with E-state index in [9.17, 15) is 4.79 Å². The number of hydrogen-bond donors (Lipinski definition) is 0. The summed E-state index contributed by atoms with van der Waals surface area (Å²) in [5.41, 5.74) is 0.645. The molecule has 0 aliphatic carbocycles. The highest BCUT2D eigenvalue weighted by Crippen LogP contribution is 2.13. The quantitative estimate of drug-likeness (QED) is 0.639. The molecule has 1 rings (SSSR count). The summed E-state index contributed by atoms with van der Waals surface area (Å²) < 4.78 is 5.34. The molecule has 0 radical (unpaired) electrons. The van der Waals surface area contributed by atoms with Crippen LogP contribution in [-0.4, -0.2) is 25.3 Å². The lowest BCUT2D eigenvalue weighted by Crippen LogP contribution is -2.09. The summed E-state index contributed by atoms with van der Waals surface area (Å²) in [5, 5.41) is 0. The molecule has 0 saturated heterocycles. The maximum Gasteiger partial charge on any atom is 0.153 e. The van der Waals surface area contributed by atoms with Crippen molar-refractivity contribution in [2.45, 2.75) is 13.5 Å². The van der Waals surface area contributed by atoms with Gasteiger partial charge in [-0.25, -0.2) is 0 Å². The number of carbonyl (C=O) groups is 1. The van der Waals surface area contributed by atoms with E-state index in [1.54, 1.807) is 13.0 Å². The highest BCUT2D eigenvalue weighted by Gasteiger charge is 2.06. The Morgan fingerprint density at radius 2 is 2.25 bits per heavy atom. The molecule has 0 amide bonds. The van der Waals surface area contributed by atoms with E-state index in [4.69, 9.17) is 4.42 Å². The molecule has 0 fully saturated rings. The number of nitrogens with zero attached hydrogens (tertiary/aromatic N) is 1. The standard InChI is InChI=1S/C9H13NO2/c1-7-8(6-11)4-9(12-7)5-10(2)3/h4,6H,5H2,1-3H3. The van der Waals surface area contributed by atoms with Gasteiger partial charge in [-0.1, -0.05) is 0 Å². The lowest BCUT2D eigenvalue weighted by Gasteiger charge is -2.05. The fourth-order valence-corrected chi connectivity index (χ4v) is 1.07. The fourth-order valence-electron chi connectivity index (χ4n) is 1.07. The van der Waals surface area contributed by atoms with Crippen LogP contribution in [0.15, 0.2) is 10.5 Å². The smallest absolute Gasteiger partial charge is 0.153 e. The Bertz CT molecular complexity index is 276. The average molecular weight is 167 g/mol. The molecule has 1 aromatic rings. The number of furan rings is 1. The van der Waals surface area contributed by atoms with Crippen molar-refractivity contribution in [3.05, 3.63) is 23.2 Å². The molecule has 1 heterocycles. The first-order valence-electron chi connectivity index (χ1n) is 3.82. The van der Waals surface area contributed by atoms with E-state index in [1.165, 1.54) is 0 Å². The molecular weight excluding hydrogens is 154 g/mol. The van der Waals surface area contributed by atoms with E-state index in [0.29, 0.717) is 11.3 Å². The van der Waals surface area contributed by atoms with Gasteiger partial charge in [0.15, 0.2) is 6.29 Å². The molecule has 0 atom stereocenters. The van der Waals surface area contributed by atoms with Crippen LogP contribution in [0.4, 0.5) is 0 Å². The maximum absolute atomic E-state index is 10.5. The first-order valence-corrected chi connectivity index (χ1v) is 3.82. The summed E-state index contributed by atoms with van der Waals surface area (Å²) in [6.45, 7) is 2.53.